The minimum absolute atomic E-state index is 0. The minimum atomic E-state index is -4.00. The fourth-order valence-electron chi connectivity index (χ4n) is 0.464. The summed E-state index contributed by atoms with van der Waals surface area (Å²) in [7, 11) is -4.00. The van der Waals surface area contributed by atoms with E-state index in [0.29, 0.717) is 0 Å². The van der Waals surface area contributed by atoms with Crippen molar-refractivity contribution in [3.63, 3.8) is 0 Å². The van der Waals surface area contributed by atoms with E-state index in [2.05, 4.69) is 5.32 Å². The molecule has 0 aliphatic carbocycles. The van der Waals surface area contributed by atoms with Gasteiger partial charge in [0.15, 0.2) is 0 Å². The molecule has 0 bridgehead atoms. The van der Waals surface area contributed by atoms with E-state index in [1.807, 2.05) is 0 Å². The molecular formula is C5H12N2O4SZn. The predicted molar refractivity (Wildman–Crippen MR) is 43.1 cm³/mol. The Balaban J connectivity index is 0. The molecule has 0 aromatic carbocycles. The second-order valence-electron chi connectivity index (χ2n) is 2.37. The molecule has 6 nitrogen and oxygen atoms in total. The molecular weight excluding hydrogens is 250 g/mol. The SMILES string of the molecule is C[C@H](N)C(=O)NCCS(=O)(=O)O.[Zn]. The average molecular weight is 262 g/mol. The summed E-state index contributed by atoms with van der Waals surface area (Å²) in [4.78, 5) is 10.7. The van der Waals surface area contributed by atoms with Crippen molar-refractivity contribution >= 4 is 16.0 Å². The smallest absolute Gasteiger partial charge is 0.266 e. The molecule has 0 aliphatic heterocycles. The Labute approximate surface area is 89.8 Å². The van der Waals surface area contributed by atoms with Crippen molar-refractivity contribution in [2.24, 2.45) is 5.73 Å². The Hall–Kier alpha value is -0.0366. The zero-order chi connectivity index (χ0) is 9.78. The van der Waals surface area contributed by atoms with Gasteiger partial charge in [-0.2, -0.15) is 8.42 Å². The zero-order valence-corrected chi connectivity index (χ0v) is 11.1. The van der Waals surface area contributed by atoms with Gasteiger partial charge < -0.3 is 11.1 Å². The van der Waals surface area contributed by atoms with Crippen molar-refractivity contribution in [2.45, 2.75) is 13.0 Å². The fraction of sp³-hybridized carbons (Fsp3) is 0.800. The second-order valence-corrected chi connectivity index (χ2v) is 3.94. The number of nitrogens with one attached hydrogen (secondary N) is 1. The maximum absolute atomic E-state index is 10.7. The van der Waals surface area contributed by atoms with Crippen LogP contribution in [0.2, 0.25) is 0 Å². The first-order valence-corrected chi connectivity index (χ1v) is 4.92. The quantitative estimate of drug-likeness (QED) is 0.414. The first-order valence-electron chi connectivity index (χ1n) is 3.31. The molecule has 0 saturated carbocycles. The summed E-state index contributed by atoms with van der Waals surface area (Å²) >= 11 is 0. The molecule has 74 valence electrons. The van der Waals surface area contributed by atoms with Crippen LogP contribution in [0.25, 0.3) is 0 Å². The van der Waals surface area contributed by atoms with Crippen LogP contribution in [0, 0.1) is 0 Å². The van der Waals surface area contributed by atoms with E-state index in [4.69, 9.17) is 10.3 Å². The standard InChI is InChI=1S/C5H12N2O4S.Zn/c1-4(6)5(8)7-2-3-12(9,10)11;/h4H,2-3,6H2,1H3,(H,7,8)(H,9,10,11);/t4-;/m0./s1. The third-order valence-corrected chi connectivity index (χ3v) is 1.79. The molecule has 0 rings (SSSR count). The maximum atomic E-state index is 10.7. The largest absolute Gasteiger partial charge is 0.354 e. The van der Waals surface area contributed by atoms with E-state index >= 15 is 0 Å². The Morgan fingerprint density at radius 2 is 2.08 bits per heavy atom. The molecule has 0 spiro atoms. The van der Waals surface area contributed by atoms with Crippen molar-refractivity contribution in [3.05, 3.63) is 0 Å². The minimum Gasteiger partial charge on any atom is -0.354 e. The average Bonchev–Trinajstić information content (AvgIpc) is 1.84. The third kappa shape index (κ3) is 9.88. The molecule has 0 unspecified atom stereocenters. The van der Waals surface area contributed by atoms with Gasteiger partial charge in [-0.25, -0.2) is 0 Å². The Morgan fingerprint density at radius 1 is 1.62 bits per heavy atom. The topological polar surface area (TPSA) is 109 Å². The summed E-state index contributed by atoms with van der Waals surface area (Å²) in [5.41, 5.74) is 5.16. The van der Waals surface area contributed by atoms with Gasteiger partial charge in [0.2, 0.25) is 5.91 Å². The number of carbonyl (C=O) groups excluding carboxylic acids is 1. The first-order chi connectivity index (χ1) is 5.33. The molecule has 0 saturated heterocycles. The molecule has 0 radical (unpaired) electrons. The number of carbonyl (C=O) groups is 1. The van der Waals surface area contributed by atoms with Crippen LogP contribution in [0.3, 0.4) is 0 Å². The Kier molecular flexibility index (Phi) is 7.63. The molecule has 4 N–H and O–H groups in total. The van der Waals surface area contributed by atoms with Crippen LogP contribution in [-0.2, 0) is 34.4 Å². The molecule has 0 aromatic rings. The third-order valence-electron chi connectivity index (χ3n) is 1.07. The van der Waals surface area contributed by atoms with E-state index in [9.17, 15) is 13.2 Å². The van der Waals surface area contributed by atoms with Gasteiger partial charge in [-0.1, -0.05) is 0 Å². The summed E-state index contributed by atoms with van der Waals surface area (Å²) in [6.45, 7) is 1.35. The van der Waals surface area contributed by atoms with Crippen molar-refractivity contribution in [3.8, 4) is 0 Å². The number of nitrogens with two attached hydrogens (primary N) is 1. The van der Waals surface area contributed by atoms with Gasteiger partial charge in [0.1, 0.15) is 0 Å². The first kappa shape index (κ1) is 15.4. The van der Waals surface area contributed by atoms with Crippen LogP contribution < -0.4 is 11.1 Å². The van der Waals surface area contributed by atoms with Gasteiger partial charge in [-0.05, 0) is 6.92 Å². The van der Waals surface area contributed by atoms with Crippen LogP contribution in [-0.4, -0.2) is 37.2 Å². The number of hydrogen-bond donors (Lipinski definition) is 3. The van der Waals surface area contributed by atoms with E-state index in [0.717, 1.165) is 0 Å². The van der Waals surface area contributed by atoms with E-state index < -0.39 is 27.8 Å². The van der Waals surface area contributed by atoms with Gasteiger partial charge in [0.25, 0.3) is 10.1 Å². The number of amides is 1. The predicted octanol–water partition coefficient (Wildman–Crippen LogP) is -1.66. The van der Waals surface area contributed by atoms with Crippen molar-refractivity contribution in [1.29, 1.82) is 0 Å². The Bertz CT molecular complexity index is 251. The molecule has 0 aliphatic rings. The van der Waals surface area contributed by atoms with E-state index in [-0.39, 0.29) is 26.0 Å². The molecule has 1 amide bonds. The summed E-state index contributed by atoms with van der Waals surface area (Å²) in [6.07, 6.45) is 0. The number of rotatable bonds is 4. The molecule has 13 heavy (non-hydrogen) atoms. The van der Waals surface area contributed by atoms with Crippen LogP contribution in [0.5, 0.6) is 0 Å². The molecule has 0 heterocycles. The van der Waals surface area contributed by atoms with Gasteiger partial charge in [0, 0.05) is 26.0 Å². The molecule has 1 atom stereocenters. The molecule has 0 aromatic heterocycles. The van der Waals surface area contributed by atoms with Gasteiger partial charge in [-0.15, -0.1) is 0 Å². The summed E-state index contributed by atoms with van der Waals surface area (Å²) in [6, 6.07) is -0.675. The summed E-state index contributed by atoms with van der Waals surface area (Å²) in [5, 5.41) is 2.24. The van der Waals surface area contributed by atoms with Gasteiger partial charge in [-0.3, -0.25) is 9.35 Å². The van der Waals surface area contributed by atoms with Gasteiger partial charge in [0.05, 0.1) is 11.8 Å². The van der Waals surface area contributed by atoms with E-state index in [1.165, 1.54) is 6.92 Å². The van der Waals surface area contributed by atoms with Crippen molar-refractivity contribution < 1.29 is 37.2 Å². The summed E-state index contributed by atoms with van der Waals surface area (Å²) < 4.78 is 28.6. The van der Waals surface area contributed by atoms with E-state index in [1.54, 1.807) is 0 Å². The van der Waals surface area contributed by atoms with Gasteiger partial charge >= 0.3 is 0 Å². The van der Waals surface area contributed by atoms with Crippen molar-refractivity contribution in [2.75, 3.05) is 12.3 Å². The maximum Gasteiger partial charge on any atom is 0.266 e. The zero-order valence-electron chi connectivity index (χ0n) is 7.36. The van der Waals surface area contributed by atoms with Crippen LogP contribution in [0.1, 0.15) is 6.92 Å². The number of hydrogen-bond acceptors (Lipinski definition) is 4. The van der Waals surface area contributed by atoms with Crippen LogP contribution in [0.15, 0.2) is 0 Å². The second kappa shape index (κ2) is 6.42. The van der Waals surface area contributed by atoms with Crippen molar-refractivity contribution in [1.82, 2.24) is 5.32 Å². The molecule has 0 fully saturated rings. The van der Waals surface area contributed by atoms with Crippen LogP contribution >= 0.6 is 0 Å². The Morgan fingerprint density at radius 3 is 2.38 bits per heavy atom. The molecule has 8 heteroatoms. The fourth-order valence-corrected chi connectivity index (χ4v) is 0.824. The summed E-state index contributed by atoms with van der Waals surface area (Å²) in [5.74, 6) is -0.940. The monoisotopic (exact) mass is 260 g/mol. The normalized spacial score (nSPS) is 12.8. The van der Waals surface area contributed by atoms with Crippen LogP contribution in [0.4, 0.5) is 0 Å².